The van der Waals surface area contributed by atoms with Crippen LogP contribution in [0, 0.1) is 11.8 Å². The summed E-state index contributed by atoms with van der Waals surface area (Å²) in [6.45, 7) is 0.707. The van der Waals surface area contributed by atoms with Gasteiger partial charge in [0.2, 0.25) is 23.0 Å². The molecule has 0 amide bonds. The summed E-state index contributed by atoms with van der Waals surface area (Å²) >= 11 is 0. The fourth-order valence-corrected chi connectivity index (χ4v) is 4.94. The van der Waals surface area contributed by atoms with Crippen molar-refractivity contribution in [3.8, 4) is 46.0 Å². The lowest BCUT2D eigenvalue weighted by molar-refractivity contribution is 0.0175. The predicted octanol–water partition coefficient (Wildman–Crippen LogP) is 3.22. The molecular weight excluding hydrogens is 448 g/mol. The lowest BCUT2D eigenvalue weighted by Crippen LogP contribution is -2.15. The van der Waals surface area contributed by atoms with Gasteiger partial charge in [0, 0.05) is 23.0 Å². The van der Waals surface area contributed by atoms with Gasteiger partial charge in [-0.1, -0.05) is 0 Å². The number of rotatable bonds is 8. The summed E-state index contributed by atoms with van der Waals surface area (Å²) < 4.78 is 44.7. The Kier molecular flexibility index (Phi) is 6.72. The molecule has 10 heteroatoms. The Bertz CT molecular complexity index is 970. The van der Waals surface area contributed by atoms with E-state index in [0.717, 1.165) is 0 Å². The molecule has 2 saturated heterocycles. The van der Waals surface area contributed by atoms with E-state index in [1.807, 2.05) is 0 Å². The standard InChI is InChI=1S/C24H30O10/c1-27-15-7-11(17(25)23(31-5)21(15)29-3)19-13-9-34-20(14(13)10-33-19)12-8-16(28-2)22(30-4)24(32-6)18(12)26/h7-8,13-14,19-20,25-26H,9-10H2,1-6H3. The second kappa shape index (κ2) is 9.55. The topological polar surface area (TPSA) is 114 Å². The molecular formula is C24H30O10. The minimum absolute atomic E-state index is 0.0788. The quantitative estimate of drug-likeness (QED) is 0.586. The molecule has 2 N–H and O–H groups in total. The maximum Gasteiger partial charge on any atom is 0.207 e. The van der Waals surface area contributed by atoms with Crippen molar-refractivity contribution in [1.82, 2.24) is 0 Å². The molecule has 186 valence electrons. The monoisotopic (exact) mass is 478 g/mol. The van der Waals surface area contributed by atoms with E-state index in [0.29, 0.717) is 47.3 Å². The molecule has 2 heterocycles. The van der Waals surface area contributed by atoms with Gasteiger partial charge in [0.1, 0.15) is 0 Å². The second-order valence-electron chi connectivity index (χ2n) is 8.00. The van der Waals surface area contributed by atoms with Crippen molar-refractivity contribution in [3.05, 3.63) is 23.3 Å². The Morgan fingerprint density at radius 1 is 0.588 bits per heavy atom. The van der Waals surface area contributed by atoms with Crippen molar-refractivity contribution in [2.75, 3.05) is 55.9 Å². The average molecular weight is 478 g/mol. The normalized spacial score (nSPS) is 23.4. The van der Waals surface area contributed by atoms with Gasteiger partial charge in [-0.25, -0.2) is 0 Å². The van der Waals surface area contributed by atoms with Gasteiger partial charge < -0.3 is 48.1 Å². The third-order valence-corrected chi connectivity index (χ3v) is 6.54. The van der Waals surface area contributed by atoms with Gasteiger partial charge in [0.15, 0.2) is 23.0 Å². The zero-order valence-electron chi connectivity index (χ0n) is 20.0. The van der Waals surface area contributed by atoms with Crippen molar-refractivity contribution in [2.45, 2.75) is 12.2 Å². The highest BCUT2D eigenvalue weighted by Crippen LogP contribution is 2.58. The van der Waals surface area contributed by atoms with Crippen LogP contribution >= 0.6 is 0 Å². The lowest BCUT2D eigenvalue weighted by Gasteiger charge is -2.22. The van der Waals surface area contributed by atoms with Crippen LogP contribution < -0.4 is 28.4 Å². The van der Waals surface area contributed by atoms with E-state index in [9.17, 15) is 10.2 Å². The number of phenolic OH excluding ortho intramolecular Hbond substituents is 2. The molecule has 0 aliphatic carbocycles. The van der Waals surface area contributed by atoms with E-state index < -0.39 is 12.2 Å². The predicted molar refractivity (Wildman–Crippen MR) is 120 cm³/mol. The van der Waals surface area contributed by atoms with E-state index in [1.54, 1.807) is 12.1 Å². The largest absolute Gasteiger partial charge is 0.504 e. The zero-order chi connectivity index (χ0) is 24.6. The molecule has 10 nitrogen and oxygen atoms in total. The van der Waals surface area contributed by atoms with Crippen molar-refractivity contribution in [1.29, 1.82) is 0 Å². The smallest absolute Gasteiger partial charge is 0.207 e. The van der Waals surface area contributed by atoms with Gasteiger partial charge in [-0.15, -0.1) is 0 Å². The van der Waals surface area contributed by atoms with E-state index in [-0.39, 0.29) is 34.8 Å². The van der Waals surface area contributed by atoms with Gasteiger partial charge >= 0.3 is 0 Å². The van der Waals surface area contributed by atoms with Crippen LogP contribution in [-0.4, -0.2) is 66.1 Å². The summed E-state index contributed by atoms with van der Waals surface area (Å²) in [5.41, 5.74) is 1.03. The minimum Gasteiger partial charge on any atom is -0.504 e. The van der Waals surface area contributed by atoms with Crippen LogP contribution in [0.1, 0.15) is 23.3 Å². The zero-order valence-corrected chi connectivity index (χ0v) is 20.0. The molecule has 34 heavy (non-hydrogen) atoms. The molecule has 2 aliphatic heterocycles. The second-order valence-corrected chi connectivity index (χ2v) is 8.00. The highest BCUT2D eigenvalue weighted by atomic mass is 16.5. The molecule has 4 rings (SSSR count). The number of benzene rings is 2. The molecule has 0 bridgehead atoms. The third kappa shape index (κ3) is 3.57. The Balaban J connectivity index is 1.71. The van der Waals surface area contributed by atoms with Crippen molar-refractivity contribution < 1.29 is 48.1 Å². The molecule has 2 fully saturated rings. The first-order valence-corrected chi connectivity index (χ1v) is 10.7. The fourth-order valence-electron chi connectivity index (χ4n) is 4.94. The first kappa shape index (κ1) is 23.9. The maximum absolute atomic E-state index is 11.0. The first-order chi connectivity index (χ1) is 16.4. The van der Waals surface area contributed by atoms with Gasteiger partial charge in [0.05, 0.1) is 68.1 Å². The number of aromatic hydroxyl groups is 2. The summed E-state index contributed by atoms with van der Waals surface area (Å²) in [6, 6.07) is 3.38. The molecule has 2 aromatic carbocycles. The number of hydrogen-bond donors (Lipinski definition) is 2. The Morgan fingerprint density at radius 3 is 1.24 bits per heavy atom. The number of phenols is 2. The van der Waals surface area contributed by atoms with E-state index in [4.69, 9.17) is 37.9 Å². The molecule has 0 saturated carbocycles. The molecule has 4 atom stereocenters. The van der Waals surface area contributed by atoms with E-state index >= 15 is 0 Å². The Morgan fingerprint density at radius 2 is 0.941 bits per heavy atom. The van der Waals surface area contributed by atoms with Crippen molar-refractivity contribution in [2.24, 2.45) is 11.8 Å². The number of ether oxygens (including phenoxy) is 8. The molecule has 0 aromatic heterocycles. The SMILES string of the molecule is COc1cc(C2OCC3C(c4cc(OC)c(OC)c(OC)c4O)OCC23)c(O)c(OC)c1OC. The summed E-state index contributed by atoms with van der Waals surface area (Å²) in [7, 11) is 8.86. The van der Waals surface area contributed by atoms with Crippen molar-refractivity contribution in [3.63, 3.8) is 0 Å². The summed E-state index contributed by atoms with van der Waals surface area (Å²) in [6.07, 6.45) is -0.958. The van der Waals surface area contributed by atoms with Crippen LogP contribution in [0.4, 0.5) is 0 Å². The van der Waals surface area contributed by atoms with Gasteiger partial charge in [-0.05, 0) is 12.1 Å². The summed E-state index contributed by atoms with van der Waals surface area (Å²) in [5.74, 6) is 1.40. The summed E-state index contributed by atoms with van der Waals surface area (Å²) in [4.78, 5) is 0. The molecule has 0 radical (unpaired) electrons. The maximum atomic E-state index is 11.0. The van der Waals surface area contributed by atoms with Crippen molar-refractivity contribution >= 4 is 0 Å². The number of methoxy groups -OCH3 is 6. The van der Waals surface area contributed by atoms with Crippen LogP contribution in [0.3, 0.4) is 0 Å². The van der Waals surface area contributed by atoms with Crippen LogP contribution in [0.25, 0.3) is 0 Å². The Labute approximate surface area is 197 Å². The first-order valence-electron chi connectivity index (χ1n) is 10.7. The third-order valence-electron chi connectivity index (χ3n) is 6.54. The highest BCUT2D eigenvalue weighted by molar-refractivity contribution is 5.64. The molecule has 4 unspecified atom stereocenters. The highest BCUT2D eigenvalue weighted by Gasteiger charge is 2.50. The van der Waals surface area contributed by atoms with Crippen LogP contribution in [0.5, 0.6) is 46.0 Å². The van der Waals surface area contributed by atoms with E-state index in [1.165, 1.54) is 42.7 Å². The van der Waals surface area contributed by atoms with Crippen LogP contribution in [-0.2, 0) is 9.47 Å². The Hall–Kier alpha value is -3.24. The van der Waals surface area contributed by atoms with Gasteiger partial charge in [-0.2, -0.15) is 0 Å². The fraction of sp³-hybridized carbons (Fsp3) is 0.500. The number of fused-ring (bicyclic) bond motifs is 1. The average Bonchev–Trinajstić information content (AvgIpc) is 3.45. The number of hydrogen-bond acceptors (Lipinski definition) is 10. The van der Waals surface area contributed by atoms with Gasteiger partial charge in [-0.3, -0.25) is 0 Å². The minimum atomic E-state index is -0.479. The molecule has 2 aromatic rings. The molecule has 0 spiro atoms. The van der Waals surface area contributed by atoms with Gasteiger partial charge in [0.25, 0.3) is 0 Å². The lowest BCUT2D eigenvalue weighted by atomic mass is 9.84. The molecule has 2 aliphatic rings. The summed E-state index contributed by atoms with van der Waals surface area (Å²) in [5, 5.41) is 21.9. The van der Waals surface area contributed by atoms with Crippen LogP contribution in [0.2, 0.25) is 0 Å². The van der Waals surface area contributed by atoms with E-state index in [2.05, 4.69) is 0 Å². The van der Waals surface area contributed by atoms with Crippen LogP contribution in [0.15, 0.2) is 12.1 Å².